The van der Waals surface area contributed by atoms with Crippen molar-refractivity contribution in [2.75, 3.05) is 26.2 Å². The van der Waals surface area contributed by atoms with E-state index in [1.807, 2.05) is 12.1 Å². The van der Waals surface area contributed by atoms with E-state index >= 15 is 0 Å². The molecule has 24 heavy (non-hydrogen) atoms. The topological polar surface area (TPSA) is 75.7 Å². The van der Waals surface area contributed by atoms with Crippen molar-refractivity contribution >= 4 is 17.6 Å². The zero-order chi connectivity index (χ0) is 17.4. The maximum absolute atomic E-state index is 11.8. The molecule has 1 aliphatic heterocycles. The number of nitrogens with zero attached hydrogens (tertiary/aromatic N) is 1. The van der Waals surface area contributed by atoms with Crippen LogP contribution in [0.2, 0.25) is 0 Å². The van der Waals surface area contributed by atoms with E-state index in [0.29, 0.717) is 18.6 Å². The van der Waals surface area contributed by atoms with Crippen molar-refractivity contribution < 1.29 is 19.1 Å². The maximum Gasteiger partial charge on any atom is 0.258 e. The Morgan fingerprint density at radius 3 is 2.42 bits per heavy atom. The number of benzene rings is 1. The zero-order valence-electron chi connectivity index (χ0n) is 14.0. The van der Waals surface area contributed by atoms with Crippen LogP contribution in [-0.4, -0.2) is 48.7 Å². The van der Waals surface area contributed by atoms with Gasteiger partial charge in [0.25, 0.3) is 5.91 Å². The van der Waals surface area contributed by atoms with E-state index in [1.54, 1.807) is 24.0 Å². The molecular formula is C18H24N2O4. The average Bonchev–Trinajstić information content (AvgIpc) is 3.11. The number of carbonyl (C=O) groups excluding carboxylic acids is 3. The quantitative estimate of drug-likeness (QED) is 0.779. The highest BCUT2D eigenvalue weighted by atomic mass is 16.5. The molecule has 6 nitrogen and oxygen atoms in total. The van der Waals surface area contributed by atoms with Crippen LogP contribution in [0.3, 0.4) is 0 Å². The van der Waals surface area contributed by atoms with Crippen molar-refractivity contribution in [3.05, 3.63) is 29.8 Å². The second kappa shape index (κ2) is 9.05. The molecule has 1 saturated heterocycles. The van der Waals surface area contributed by atoms with Crippen molar-refractivity contribution in [3.8, 4) is 5.75 Å². The lowest BCUT2D eigenvalue weighted by Gasteiger charge is -2.15. The molecule has 0 bridgehead atoms. The van der Waals surface area contributed by atoms with Gasteiger partial charge in [0.2, 0.25) is 5.91 Å². The van der Waals surface area contributed by atoms with Crippen LogP contribution in [0.4, 0.5) is 0 Å². The molecule has 0 aromatic heterocycles. The van der Waals surface area contributed by atoms with E-state index in [9.17, 15) is 14.4 Å². The van der Waals surface area contributed by atoms with Gasteiger partial charge in [0.15, 0.2) is 6.61 Å². The van der Waals surface area contributed by atoms with Crippen LogP contribution in [0.15, 0.2) is 24.3 Å². The first-order chi connectivity index (χ1) is 11.5. The monoisotopic (exact) mass is 332 g/mol. The van der Waals surface area contributed by atoms with Crippen LogP contribution < -0.4 is 10.1 Å². The van der Waals surface area contributed by atoms with Crippen molar-refractivity contribution in [1.29, 1.82) is 0 Å². The minimum absolute atomic E-state index is 0.0200. The summed E-state index contributed by atoms with van der Waals surface area (Å²) in [6, 6.07) is 7.32. The van der Waals surface area contributed by atoms with Gasteiger partial charge in [-0.1, -0.05) is 12.1 Å². The third-order valence-corrected chi connectivity index (χ3v) is 3.95. The minimum atomic E-state index is -0.316. The fraction of sp³-hybridized carbons (Fsp3) is 0.500. The third-order valence-electron chi connectivity index (χ3n) is 3.95. The first-order valence-electron chi connectivity index (χ1n) is 8.30. The number of aryl methyl sites for hydroxylation is 1. The molecule has 0 atom stereocenters. The summed E-state index contributed by atoms with van der Waals surface area (Å²) in [7, 11) is 0. The van der Waals surface area contributed by atoms with E-state index in [1.165, 1.54) is 0 Å². The molecule has 1 heterocycles. The predicted molar refractivity (Wildman–Crippen MR) is 89.8 cm³/mol. The Morgan fingerprint density at radius 1 is 1.12 bits per heavy atom. The number of rotatable bonds is 8. The summed E-state index contributed by atoms with van der Waals surface area (Å²) >= 11 is 0. The van der Waals surface area contributed by atoms with Gasteiger partial charge in [-0.05, 0) is 43.9 Å². The lowest BCUT2D eigenvalue weighted by molar-refractivity contribution is -0.132. The molecule has 0 radical (unpaired) electrons. The number of ketones is 1. The van der Waals surface area contributed by atoms with Gasteiger partial charge in [0.1, 0.15) is 11.5 Å². The molecule has 1 aliphatic rings. The highest BCUT2D eigenvalue weighted by Gasteiger charge is 2.18. The van der Waals surface area contributed by atoms with Crippen LogP contribution in [0.5, 0.6) is 5.75 Å². The summed E-state index contributed by atoms with van der Waals surface area (Å²) in [6.45, 7) is 3.03. The molecule has 0 spiro atoms. The molecule has 1 fully saturated rings. The van der Waals surface area contributed by atoms with E-state index in [-0.39, 0.29) is 30.7 Å². The normalized spacial score (nSPS) is 13.6. The first-order valence-corrected chi connectivity index (χ1v) is 8.30. The molecule has 2 rings (SSSR count). The van der Waals surface area contributed by atoms with Crippen LogP contribution in [0.1, 0.15) is 31.7 Å². The summed E-state index contributed by atoms with van der Waals surface area (Å²) in [5.41, 5.74) is 1.05. The first kappa shape index (κ1) is 18.0. The van der Waals surface area contributed by atoms with Gasteiger partial charge in [0, 0.05) is 19.5 Å². The Labute approximate surface area is 142 Å². The van der Waals surface area contributed by atoms with Crippen LogP contribution in [0, 0.1) is 0 Å². The van der Waals surface area contributed by atoms with Gasteiger partial charge in [-0.25, -0.2) is 0 Å². The number of ether oxygens (including phenoxy) is 1. The van der Waals surface area contributed by atoms with Gasteiger partial charge >= 0.3 is 0 Å². The largest absolute Gasteiger partial charge is 0.484 e. The molecule has 1 N–H and O–H groups in total. The second-order valence-corrected chi connectivity index (χ2v) is 6.00. The molecule has 130 valence electrons. The Hall–Kier alpha value is -2.37. The molecule has 0 unspecified atom stereocenters. The number of hydrogen-bond acceptors (Lipinski definition) is 4. The summed E-state index contributed by atoms with van der Waals surface area (Å²) in [6.07, 6.45) is 3.29. The van der Waals surface area contributed by atoms with Gasteiger partial charge in [-0.2, -0.15) is 0 Å². The van der Waals surface area contributed by atoms with E-state index in [2.05, 4.69) is 5.32 Å². The number of Topliss-reactive ketones (excluding diaryl/α,β-unsaturated/α-hetero) is 1. The second-order valence-electron chi connectivity index (χ2n) is 6.00. The summed E-state index contributed by atoms with van der Waals surface area (Å²) in [4.78, 5) is 36.3. The molecule has 0 saturated carbocycles. The van der Waals surface area contributed by atoms with Crippen molar-refractivity contribution in [2.45, 2.75) is 32.6 Å². The van der Waals surface area contributed by atoms with Gasteiger partial charge in [-0.3, -0.25) is 9.59 Å². The zero-order valence-corrected chi connectivity index (χ0v) is 14.0. The number of amides is 2. The van der Waals surface area contributed by atoms with Crippen LogP contribution >= 0.6 is 0 Å². The van der Waals surface area contributed by atoms with Crippen LogP contribution in [0.25, 0.3) is 0 Å². The number of nitrogens with one attached hydrogen (secondary N) is 1. The van der Waals surface area contributed by atoms with Gasteiger partial charge in [0.05, 0.1) is 6.54 Å². The third kappa shape index (κ3) is 6.02. The average molecular weight is 332 g/mol. The Balaban J connectivity index is 1.67. The van der Waals surface area contributed by atoms with E-state index < -0.39 is 0 Å². The fourth-order valence-electron chi connectivity index (χ4n) is 2.53. The predicted octanol–water partition coefficient (Wildman–Crippen LogP) is 1.33. The SMILES string of the molecule is CC(=O)CCc1ccc(OCC(=O)NCC(=O)N2CCCC2)cc1. The van der Waals surface area contributed by atoms with Crippen molar-refractivity contribution in [2.24, 2.45) is 0 Å². The summed E-state index contributed by atoms with van der Waals surface area (Å²) in [5, 5.41) is 2.58. The minimum Gasteiger partial charge on any atom is -0.484 e. The fourth-order valence-corrected chi connectivity index (χ4v) is 2.53. The maximum atomic E-state index is 11.8. The Bertz CT molecular complexity index is 577. The smallest absolute Gasteiger partial charge is 0.258 e. The van der Waals surface area contributed by atoms with E-state index in [4.69, 9.17) is 4.74 Å². The number of carbonyl (C=O) groups is 3. The highest BCUT2D eigenvalue weighted by Crippen LogP contribution is 2.13. The van der Waals surface area contributed by atoms with Crippen molar-refractivity contribution in [3.63, 3.8) is 0 Å². The molecule has 0 aliphatic carbocycles. The number of hydrogen-bond donors (Lipinski definition) is 1. The standard InChI is InChI=1S/C18H24N2O4/c1-14(21)4-5-15-6-8-16(9-7-15)24-13-17(22)19-12-18(23)20-10-2-3-11-20/h6-9H,2-5,10-13H2,1H3,(H,19,22). The van der Waals surface area contributed by atoms with Crippen LogP contribution in [-0.2, 0) is 20.8 Å². The van der Waals surface area contributed by atoms with E-state index in [0.717, 1.165) is 31.5 Å². The molecule has 2 amide bonds. The highest BCUT2D eigenvalue weighted by molar-refractivity contribution is 5.85. The lowest BCUT2D eigenvalue weighted by Crippen LogP contribution is -2.40. The summed E-state index contributed by atoms with van der Waals surface area (Å²) < 4.78 is 5.40. The molecule has 1 aromatic carbocycles. The molecule has 6 heteroatoms. The Kier molecular flexibility index (Phi) is 6.78. The lowest BCUT2D eigenvalue weighted by atomic mass is 10.1. The summed E-state index contributed by atoms with van der Waals surface area (Å²) in [5.74, 6) is 0.386. The Morgan fingerprint density at radius 2 is 1.79 bits per heavy atom. The van der Waals surface area contributed by atoms with Gasteiger partial charge < -0.3 is 19.7 Å². The van der Waals surface area contributed by atoms with Crippen molar-refractivity contribution in [1.82, 2.24) is 10.2 Å². The molecular weight excluding hydrogens is 308 g/mol. The number of likely N-dealkylation sites (tertiary alicyclic amines) is 1. The molecule has 1 aromatic rings. The van der Waals surface area contributed by atoms with Gasteiger partial charge in [-0.15, -0.1) is 0 Å².